The molecule has 2 aromatic heterocycles. The van der Waals surface area contributed by atoms with Gasteiger partial charge in [-0.05, 0) is 46.3 Å². The smallest absolute Gasteiger partial charge is 0.305 e. The normalized spacial score (nSPS) is 11.2. The lowest BCUT2D eigenvalue weighted by atomic mass is 10.2. The van der Waals surface area contributed by atoms with Crippen molar-refractivity contribution < 1.29 is 13.2 Å². The van der Waals surface area contributed by atoms with Crippen LogP contribution in [0, 0.1) is 5.82 Å². The Kier molecular flexibility index (Phi) is 4.52. The molecule has 0 aliphatic carbocycles. The van der Waals surface area contributed by atoms with E-state index in [1.165, 1.54) is 12.1 Å². The van der Waals surface area contributed by atoms with Gasteiger partial charge in [0.25, 0.3) is 6.43 Å². The van der Waals surface area contributed by atoms with Crippen LogP contribution in [0.25, 0.3) is 10.9 Å². The fourth-order valence-electron chi connectivity index (χ4n) is 2.29. The van der Waals surface area contributed by atoms with Gasteiger partial charge in [-0.15, -0.1) is 0 Å². The number of halogens is 4. The molecule has 0 bridgehead atoms. The number of nitrogens with zero attached hydrogens (tertiary/aromatic N) is 3. The molecule has 2 heterocycles. The lowest BCUT2D eigenvalue weighted by molar-refractivity contribution is 0.157. The number of fused-ring (bicyclic) bond motifs is 1. The van der Waals surface area contributed by atoms with Crippen LogP contribution in [0.5, 0.6) is 0 Å². The van der Waals surface area contributed by atoms with E-state index in [4.69, 9.17) is 0 Å². The Morgan fingerprint density at radius 2 is 2.00 bits per heavy atom. The van der Waals surface area contributed by atoms with Gasteiger partial charge in [-0.1, -0.05) is 6.07 Å². The van der Waals surface area contributed by atoms with Gasteiger partial charge in [-0.3, -0.25) is 0 Å². The average Bonchev–Trinajstić information content (AvgIpc) is 2.52. The summed E-state index contributed by atoms with van der Waals surface area (Å²) in [5.41, 5.74) is -0.431. The number of alkyl halides is 2. The van der Waals surface area contributed by atoms with Gasteiger partial charge in [0.2, 0.25) is 0 Å². The molecule has 0 aliphatic rings. The number of anilines is 2. The highest BCUT2D eigenvalue weighted by Crippen LogP contribution is 2.29. The monoisotopic (exact) mass is 398 g/mol. The van der Waals surface area contributed by atoms with Crippen molar-refractivity contribution in [3.63, 3.8) is 0 Å². The summed E-state index contributed by atoms with van der Waals surface area (Å²) >= 11 is 3.17. The lowest BCUT2D eigenvalue weighted by Gasteiger charge is -2.23. The molecule has 3 aromatic rings. The third kappa shape index (κ3) is 3.40. The maximum absolute atomic E-state index is 13.6. The number of rotatable bonds is 4. The third-order valence-corrected chi connectivity index (χ3v) is 3.67. The highest BCUT2D eigenvalue weighted by molar-refractivity contribution is 9.10. The van der Waals surface area contributed by atoms with E-state index >= 15 is 0 Å². The van der Waals surface area contributed by atoms with E-state index in [9.17, 15) is 18.0 Å². The Balaban J connectivity index is 2.26. The van der Waals surface area contributed by atoms with E-state index in [2.05, 4.69) is 30.9 Å². The predicted octanol–water partition coefficient (Wildman–Crippen LogP) is 3.62. The molecule has 3 rings (SSSR count). The summed E-state index contributed by atoms with van der Waals surface area (Å²) in [6.45, 7) is -0.745. The van der Waals surface area contributed by atoms with E-state index in [-0.39, 0.29) is 17.0 Å². The van der Waals surface area contributed by atoms with Gasteiger partial charge in [0.05, 0.1) is 12.1 Å². The molecule has 9 heteroatoms. The number of pyridine rings is 1. The molecular formula is C15H10BrF3N4O. The topological polar surface area (TPSA) is 61.9 Å². The van der Waals surface area contributed by atoms with Gasteiger partial charge in [0.15, 0.2) is 0 Å². The van der Waals surface area contributed by atoms with Crippen molar-refractivity contribution in [1.29, 1.82) is 0 Å². The van der Waals surface area contributed by atoms with Crippen molar-refractivity contribution in [3.05, 3.63) is 57.3 Å². The maximum Gasteiger partial charge on any atom is 0.347 e. The Bertz CT molecular complexity index is 947. The van der Waals surface area contributed by atoms with Crippen molar-refractivity contribution in [2.24, 2.45) is 0 Å². The van der Waals surface area contributed by atoms with E-state index in [0.717, 1.165) is 17.0 Å². The summed E-state index contributed by atoms with van der Waals surface area (Å²) < 4.78 is 40.2. The maximum atomic E-state index is 13.6. The first kappa shape index (κ1) is 16.4. The van der Waals surface area contributed by atoms with Crippen LogP contribution >= 0.6 is 15.9 Å². The second-order valence-electron chi connectivity index (χ2n) is 4.88. The molecule has 0 spiro atoms. The molecule has 0 amide bonds. The zero-order valence-electron chi connectivity index (χ0n) is 12.0. The van der Waals surface area contributed by atoms with Crippen molar-refractivity contribution in [2.45, 2.75) is 6.43 Å². The number of aromatic amines is 1. The molecule has 0 saturated heterocycles. The van der Waals surface area contributed by atoms with Gasteiger partial charge >= 0.3 is 5.69 Å². The Morgan fingerprint density at radius 1 is 1.21 bits per heavy atom. The first-order valence-corrected chi connectivity index (χ1v) is 7.61. The second-order valence-corrected chi connectivity index (χ2v) is 5.69. The molecule has 0 radical (unpaired) electrons. The zero-order chi connectivity index (χ0) is 17.3. The Morgan fingerprint density at radius 3 is 2.71 bits per heavy atom. The van der Waals surface area contributed by atoms with Gasteiger partial charge in [-0.2, -0.15) is 4.98 Å². The summed E-state index contributed by atoms with van der Waals surface area (Å²) in [6, 6.07) is 8.39. The van der Waals surface area contributed by atoms with Crippen molar-refractivity contribution in [3.8, 4) is 0 Å². The predicted molar refractivity (Wildman–Crippen MR) is 87.3 cm³/mol. The van der Waals surface area contributed by atoms with Crippen LogP contribution in [0.15, 0.2) is 45.8 Å². The molecule has 24 heavy (non-hydrogen) atoms. The molecular weight excluding hydrogens is 389 g/mol. The number of nitrogens with one attached hydrogen (secondary N) is 1. The Hall–Kier alpha value is -2.42. The van der Waals surface area contributed by atoms with Crippen molar-refractivity contribution >= 4 is 38.5 Å². The fourth-order valence-corrected chi connectivity index (χ4v) is 2.62. The fraction of sp³-hybridized carbons (Fsp3) is 0.133. The molecule has 1 N–H and O–H groups in total. The van der Waals surface area contributed by atoms with Crippen molar-refractivity contribution in [1.82, 2.24) is 15.0 Å². The first-order valence-electron chi connectivity index (χ1n) is 6.82. The number of hydrogen-bond acceptors (Lipinski definition) is 4. The van der Waals surface area contributed by atoms with Gasteiger partial charge in [0.1, 0.15) is 22.1 Å². The summed E-state index contributed by atoms with van der Waals surface area (Å²) in [4.78, 5) is 23.2. The van der Waals surface area contributed by atoms with E-state index in [1.54, 1.807) is 12.1 Å². The first-order chi connectivity index (χ1) is 11.4. The molecule has 0 fully saturated rings. The van der Waals surface area contributed by atoms with Gasteiger partial charge in [-0.25, -0.2) is 22.9 Å². The second kappa shape index (κ2) is 6.60. The SMILES string of the molecule is O=c1nc(N(CC(F)F)c2cccc(Br)n2)c2cc(F)ccc2[nH]1. The molecule has 124 valence electrons. The van der Waals surface area contributed by atoms with Gasteiger partial charge in [0, 0.05) is 5.39 Å². The number of benzene rings is 1. The van der Waals surface area contributed by atoms with E-state index < -0.39 is 24.5 Å². The van der Waals surface area contributed by atoms with Crippen LogP contribution in [0.1, 0.15) is 0 Å². The summed E-state index contributed by atoms with van der Waals surface area (Å²) in [7, 11) is 0. The highest BCUT2D eigenvalue weighted by Gasteiger charge is 2.21. The van der Waals surface area contributed by atoms with Crippen LogP contribution < -0.4 is 10.6 Å². The number of hydrogen-bond donors (Lipinski definition) is 1. The van der Waals surface area contributed by atoms with E-state index in [0.29, 0.717) is 10.1 Å². The minimum atomic E-state index is -2.71. The molecule has 0 aliphatic heterocycles. The molecule has 0 atom stereocenters. The highest BCUT2D eigenvalue weighted by atomic mass is 79.9. The molecule has 0 saturated carbocycles. The largest absolute Gasteiger partial charge is 0.347 e. The van der Waals surface area contributed by atoms with Crippen LogP contribution in [0.2, 0.25) is 0 Å². The van der Waals surface area contributed by atoms with Crippen LogP contribution in [0.4, 0.5) is 24.8 Å². The lowest BCUT2D eigenvalue weighted by Crippen LogP contribution is -2.28. The number of H-pyrrole nitrogens is 1. The molecule has 0 unspecified atom stereocenters. The van der Waals surface area contributed by atoms with Crippen LogP contribution in [0.3, 0.4) is 0 Å². The Labute approximate surface area is 142 Å². The quantitative estimate of drug-likeness (QED) is 0.681. The third-order valence-electron chi connectivity index (χ3n) is 3.22. The standard InChI is InChI=1S/C15H10BrF3N4O/c16-11-2-1-3-13(21-11)23(7-12(18)19)14-9-6-8(17)4-5-10(9)20-15(24)22-14/h1-6,12H,7H2,(H,20,22,24). The minimum absolute atomic E-state index is 0.0841. The van der Waals surface area contributed by atoms with Gasteiger partial charge < -0.3 is 9.88 Å². The van der Waals surface area contributed by atoms with Crippen LogP contribution in [-0.4, -0.2) is 27.9 Å². The summed E-state index contributed by atoms with van der Waals surface area (Å²) in [5.74, 6) is -0.496. The molecule has 1 aromatic carbocycles. The van der Waals surface area contributed by atoms with Crippen LogP contribution in [-0.2, 0) is 0 Å². The zero-order valence-corrected chi connectivity index (χ0v) is 13.6. The number of aromatic nitrogens is 3. The average molecular weight is 399 g/mol. The van der Waals surface area contributed by atoms with E-state index in [1.807, 2.05) is 0 Å². The van der Waals surface area contributed by atoms with Crippen molar-refractivity contribution in [2.75, 3.05) is 11.4 Å². The summed E-state index contributed by atoms with van der Waals surface area (Å²) in [6.07, 6.45) is -2.71. The minimum Gasteiger partial charge on any atom is -0.305 e. The summed E-state index contributed by atoms with van der Waals surface area (Å²) in [5, 5.41) is 0.206. The molecule has 5 nitrogen and oxygen atoms in total.